The number of aldehydes is 1. The standard InChI is InChI=1S/C8H4ClF2NO5S/c9-18(16,17)7-2-4(12(14)15)1-5(8(10)11)6(7)3-13/h1-3,8H. The van der Waals surface area contributed by atoms with Crippen LogP contribution in [0.15, 0.2) is 17.0 Å². The molecule has 98 valence electrons. The van der Waals surface area contributed by atoms with E-state index in [1.165, 1.54) is 0 Å². The third-order valence-corrected chi connectivity index (χ3v) is 3.35. The molecule has 18 heavy (non-hydrogen) atoms. The Bertz CT molecular complexity index is 616. The van der Waals surface area contributed by atoms with Crippen molar-refractivity contribution in [2.45, 2.75) is 11.3 Å². The first-order valence-corrected chi connectivity index (χ1v) is 6.49. The first-order valence-electron chi connectivity index (χ1n) is 4.18. The van der Waals surface area contributed by atoms with Crippen LogP contribution in [-0.4, -0.2) is 19.6 Å². The van der Waals surface area contributed by atoms with E-state index in [0.29, 0.717) is 12.1 Å². The summed E-state index contributed by atoms with van der Waals surface area (Å²) in [4.78, 5) is 19.1. The number of nitro groups is 1. The molecule has 0 saturated heterocycles. The number of carbonyl (C=O) groups excluding carboxylic acids is 1. The molecular weight excluding hydrogens is 296 g/mol. The molecular formula is C8H4ClF2NO5S. The van der Waals surface area contributed by atoms with Crippen molar-refractivity contribution in [3.05, 3.63) is 33.4 Å². The van der Waals surface area contributed by atoms with Gasteiger partial charge in [0.2, 0.25) is 0 Å². The third kappa shape index (κ3) is 2.79. The maximum Gasteiger partial charge on any atom is 0.271 e. The lowest BCUT2D eigenvalue weighted by atomic mass is 10.1. The fourth-order valence-corrected chi connectivity index (χ4v) is 2.32. The Morgan fingerprint density at radius 2 is 1.94 bits per heavy atom. The van der Waals surface area contributed by atoms with Crippen LogP contribution < -0.4 is 0 Å². The molecule has 0 aliphatic rings. The van der Waals surface area contributed by atoms with Crippen LogP contribution in [-0.2, 0) is 9.05 Å². The minimum absolute atomic E-state index is 0.138. The van der Waals surface area contributed by atoms with Gasteiger partial charge in [-0.1, -0.05) is 0 Å². The molecule has 0 aromatic heterocycles. The summed E-state index contributed by atoms with van der Waals surface area (Å²) in [5.74, 6) is 0. The van der Waals surface area contributed by atoms with Crippen LogP contribution >= 0.6 is 10.7 Å². The number of hydrogen-bond donors (Lipinski definition) is 0. The highest BCUT2D eigenvalue weighted by Crippen LogP contribution is 2.32. The quantitative estimate of drug-likeness (QED) is 0.368. The lowest BCUT2D eigenvalue weighted by Gasteiger charge is -2.07. The predicted octanol–water partition coefficient (Wildman–Crippen LogP) is 2.27. The molecule has 0 radical (unpaired) electrons. The largest absolute Gasteiger partial charge is 0.298 e. The van der Waals surface area contributed by atoms with Crippen LogP contribution in [0.3, 0.4) is 0 Å². The summed E-state index contributed by atoms with van der Waals surface area (Å²) in [7, 11) is 0.387. The van der Waals surface area contributed by atoms with E-state index in [-0.39, 0.29) is 6.29 Å². The van der Waals surface area contributed by atoms with E-state index in [1.807, 2.05) is 0 Å². The van der Waals surface area contributed by atoms with Crippen LogP contribution in [0.4, 0.5) is 14.5 Å². The average Bonchev–Trinajstić information content (AvgIpc) is 2.25. The second-order valence-corrected chi connectivity index (χ2v) is 5.59. The van der Waals surface area contributed by atoms with Gasteiger partial charge in [-0.15, -0.1) is 0 Å². The second-order valence-electron chi connectivity index (χ2n) is 3.06. The molecule has 6 nitrogen and oxygen atoms in total. The summed E-state index contributed by atoms with van der Waals surface area (Å²) in [6.45, 7) is 0. The van der Waals surface area contributed by atoms with E-state index < -0.39 is 42.1 Å². The fourth-order valence-electron chi connectivity index (χ4n) is 1.25. The van der Waals surface area contributed by atoms with Gasteiger partial charge in [0.15, 0.2) is 6.29 Å². The minimum Gasteiger partial charge on any atom is -0.298 e. The Morgan fingerprint density at radius 1 is 1.39 bits per heavy atom. The predicted molar refractivity (Wildman–Crippen MR) is 56.5 cm³/mol. The molecule has 0 aliphatic carbocycles. The summed E-state index contributed by atoms with van der Waals surface area (Å²) in [6.07, 6.45) is -3.39. The van der Waals surface area contributed by atoms with Crippen molar-refractivity contribution in [2.24, 2.45) is 0 Å². The average molecular weight is 300 g/mol. The van der Waals surface area contributed by atoms with Gasteiger partial charge in [0.05, 0.1) is 4.92 Å². The van der Waals surface area contributed by atoms with Gasteiger partial charge in [0.25, 0.3) is 21.2 Å². The number of benzene rings is 1. The minimum atomic E-state index is -4.55. The zero-order valence-electron chi connectivity index (χ0n) is 8.34. The molecule has 0 saturated carbocycles. The smallest absolute Gasteiger partial charge is 0.271 e. The molecule has 1 aromatic rings. The van der Waals surface area contributed by atoms with Gasteiger partial charge in [-0.3, -0.25) is 14.9 Å². The van der Waals surface area contributed by atoms with Gasteiger partial charge in [-0.25, -0.2) is 17.2 Å². The van der Waals surface area contributed by atoms with E-state index >= 15 is 0 Å². The highest BCUT2D eigenvalue weighted by molar-refractivity contribution is 8.13. The van der Waals surface area contributed by atoms with Crippen molar-refractivity contribution in [2.75, 3.05) is 0 Å². The van der Waals surface area contributed by atoms with Crippen molar-refractivity contribution in [3.8, 4) is 0 Å². The van der Waals surface area contributed by atoms with Crippen LogP contribution in [0.2, 0.25) is 0 Å². The summed E-state index contributed by atoms with van der Waals surface area (Å²) in [6, 6.07) is 0.887. The van der Waals surface area contributed by atoms with Crippen molar-refractivity contribution in [3.63, 3.8) is 0 Å². The highest BCUT2D eigenvalue weighted by atomic mass is 35.7. The van der Waals surface area contributed by atoms with Gasteiger partial charge in [-0.05, 0) is 0 Å². The SMILES string of the molecule is O=Cc1c(C(F)F)cc([N+](=O)[O-])cc1S(=O)(=O)Cl. The zero-order valence-corrected chi connectivity index (χ0v) is 9.91. The van der Waals surface area contributed by atoms with Gasteiger partial charge in [-0.2, -0.15) is 0 Å². The van der Waals surface area contributed by atoms with Crippen molar-refractivity contribution >= 4 is 31.7 Å². The lowest BCUT2D eigenvalue weighted by molar-refractivity contribution is -0.385. The maximum atomic E-state index is 12.6. The number of halogens is 3. The Balaban J connectivity index is 3.78. The molecule has 0 atom stereocenters. The summed E-state index contributed by atoms with van der Waals surface area (Å²) < 4.78 is 47.4. The number of alkyl halides is 2. The summed E-state index contributed by atoms with van der Waals surface area (Å²) >= 11 is 0. The topological polar surface area (TPSA) is 94.3 Å². The van der Waals surface area contributed by atoms with E-state index in [0.717, 1.165) is 0 Å². The van der Waals surface area contributed by atoms with Crippen LogP contribution in [0.1, 0.15) is 22.3 Å². The Hall–Kier alpha value is -1.61. The third-order valence-electron chi connectivity index (χ3n) is 1.99. The lowest BCUT2D eigenvalue weighted by Crippen LogP contribution is -2.04. The van der Waals surface area contributed by atoms with Crippen molar-refractivity contribution in [1.82, 2.24) is 0 Å². The van der Waals surface area contributed by atoms with Crippen molar-refractivity contribution < 1.29 is 26.9 Å². The van der Waals surface area contributed by atoms with Gasteiger partial charge in [0.1, 0.15) is 4.90 Å². The van der Waals surface area contributed by atoms with Crippen LogP contribution in [0, 0.1) is 10.1 Å². The Labute approximate surface area is 104 Å². The second kappa shape index (κ2) is 4.94. The fraction of sp³-hybridized carbons (Fsp3) is 0.125. The molecule has 0 bridgehead atoms. The molecule has 0 aliphatic heterocycles. The van der Waals surface area contributed by atoms with E-state index in [1.54, 1.807) is 0 Å². The highest BCUT2D eigenvalue weighted by Gasteiger charge is 2.27. The van der Waals surface area contributed by atoms with Crippen LogP contribution in [0.5, 0.6) is 0 Å². The number of hydrogen-bond acceptors (Lipinski definition) is 5. The molecule has 0 fully saturated rings. The Kier molecular flexibility index (Phi) is 3.97. The van der Waals surface area contributed by atoms with Crippen molar-refractivity contribution in [1.29, 1.82) is 0 Å². The zero-order chi connectivity index (χ0) is 14.1. The van der Waals surface area contributed by atoms with E-state index in [4.69, 9.17) is 10.7 Å². The molecule has 0 unspecified atom stereocenters. The Morgan fingerprint density at radius 3 is 2.28 bits per heavy atom. The number of carbonyl (C=O) groups is 1. The van der Waals surface area contributed by atoms with Crippen LogP contribution in [0.25, 0.3) is 0 Å². The normalized spacial score (nSPS) is 11.6. The maximum absolute atomic E-state index is 12.6. The molecule has 1 aromatic carbocycles. The number of rotatable bonds is 4. The molecule has 10 heteroatoms. The van der Waals surface area contributed by atoms with E-state index in [9.17, 15) is 32.1 Å². The van der Waals surface area contributed by atoms with E-state index in [2.05, 4.69) is 0 Å². The molecule has 0 heterocycles. The molecule has 0 spiro atoms. The van der Waals surface area contributed by atoms with Gasteiger partial charge >= 0.3 is 0 Å². The molecule has 1 rings (SSSR count). The molecule has 0 N–H and O–H groups in total. The summed E-state index contributed by atoms with van der Waals surface area (Å²) in [5.41, 5.74) is -2.83. The van der Waals surface area contributed by atoms with Gasteiger partial charge < -0.3 is 0 Å². The number of nitro benzene ring substituents is 1. The first-order chi connectivity index (χ1) is 8.18. The molecule has 0 amide bonds. The number of non-ortho nitro benzene ring substituents is 1. The number of nitrogens with zero attached hydrogens (tertiary/aromatic N) is 1. The van der Waals surface area contributed by atoms with Gasteiger partial charge in [0, 0.05) is 33.9 Å². The first kappa shape index (κ1) is 14.5. The summed E-state index contributed by atoms with van der Waals surface area (Å²) in [5, 5.41) is 10.5. The monoisotopic (exact) mass is 299 g/mol.